The van der Waals surface area contributed by atoms with E-state index in [4.69, 9.17) is 0 Å². The number of halogens is 1. The number of allylic oxidation sites excluding steroid dienone is 1. The highest BCUT2D eigenvalue weighted by atomic mass is 19.1. The third-order valence-electron chi connectivity index (χ3n) is 1.50. The second kappa shape index (κ2) is 4.54. The average Bonchev–Trinajstić information content (AvgIpc) is 2.09. The molecule has 1 rings (SSSR count). The van der Waals surface area contributed by atoms with Crippen LogP contribution in [0.1, 0.15) is 6.92 Å². The van der Waals surface area contributed by atoms with Gasteiger partial charge in [-0.15, -0.1) is 0 Å². The molecule has 0 bridgehead atoms. The van der Waals surface area contributed by atoms with Crippen LogP contribution in [0.15, 0.2) is 36.4 Å². The van der Waals surface area contributed by atoms with Crippen LogP contribution in [-0.4, -0.2) is 6.54 Å². The average molecular weight is 165 g/mol. The summed E-state index contributed by atoms with van der Waals surface area (Å²) < 4.78 is 12.4. The maximum Gasteiger partial charge on any atom is 0.123 e. The molecule has 1 aromatic rings. The van der Waals surface area contributed by atoms with E-state index < -0.39 is 0 Å². The van der Waals surface area contributed by atoms with E-state index in [9.17, 15) is 4.39 Å². The second-order valence-electron chi connectivity index (χ2n) is 2.46. The van der Waals surface area contributed by atoms with E-state index in [0.29, 0.717) is 0 Å². The third kappa shape index (κ3) is 2.74. The molecule has 2 heteroatoms. The van der Waals surface area contributed by atoms with Gasteiger partial charge in [-0.25, -0.2) is 4.39 Å². The van der Waals surface area contributed by atoms with Crippen LogP contribution < -0.4 is 5.32 Å². The van der Waals surface area contributed by atoms with Gasteiger partial charge in [0.25, 0.3) is 0 Å². The molecular formula is C10H12FN. The van der Waals surface area contributed by atoms with Crippen molar-refractivity contribution in [2.75, 3.05) is 11.9 Å². The van der Waals surface area contributed by atoms with E-state index in [1.807, 2.05) is 19.1 Å². The van der Waals surface area contributed by atoms with Crippen molar-refractivity contribution in [3.05, 3.63) is 42.2 Å². The molecule has 0 fully saturated rings. The molecule has 0 unspecified atom stereocenters. The first-order chi connectivity index (χ1) is 5.83. The highest BCUT2D eigenvalue weighted by molar-refractivity contribution is 5.43. The zero-order chi connectivity index (χ0) is 8.81. The lowest BCUT2D eigenvalue weighted by molar-refractivity contribution is 0.628. The molecule has 0 aliphatic heterocycles. The maximum absolute atomic E-state index is 12.4. The standard InChI is InChI=1S/C10H12FN/c1-2-3-8-12-10-6-4-9(11)5-7-10/h2-7,12H,8H2,1H3/b3-2+. The van der Waals surface area contributed by atoms with Gasteiger partial charge in [-0.1, -0.05) is 12.2 Å². The first-order valence-electron chi connectivity index (χ1n) is 3.93. The van der Waals surface area contributed by atoms with E-state index >= 15 is 0 Å². The zero-order valence-corrected chi connectivity index (χ0v) is 7.05. The first kappa shape index (κ1) is 8.78. The van der Waals surface area contributed by atoms with E-state index in [1.165, 1.54) is 12.1 Å². The lowest BCUT2D eigenvalue weighted by Crippen LogP contribution is -1.97. The third-order valence-corrected chi connectivity index (χ3v) is 1.50. The molecule has 0 spiro atoms. The fourth-order valence-corrected chi connectivity index (χ4v) is 0.862. The molecule has 64 valence electrons. The summed E-state index contributed by atoms with van der Waals surface area (Å²) in [6.45, 7) is 2.74. The minimum atomic E-state index is -0.202. The minimum absolute atomic E-state index is 0.202. The Kier molecular flexibility index (Phi) is 3.33. The molecule has 0 saturated heterocycles. The van der Waals surface area contributed by atoms with E-state index in [0.717, 1.165) is 12.2 Å². The summed E-state index contributed by atoms with van der Waals surface area (Å²) in [7, 11) is 0. The van der Waals surface area contributed by atoms with Crippen LogP contribution in [0.5, 0.6) is 0 Å². The van der Waals surface area contributed by atoms with E-state index in [2.05, 4.69) is 5.32 Å². The Morgan fingerprint density at radius 3 is 2.58 bits per heavy atom. The summed E-state index contributed by atoms with van der Waals surface area (Å²) in [5.74, 6) is -0.202. The summed E-state index contributed by atoms with van der Waals surface area (Å²) in [5, 5.41) is 3.12. The first-order valence-corrected chi connectivity index (χ1v) is 3.93. The largest absolute Gasteiger partial charge is 0.382 e. The molecule has 0 saturated carbocycles. The van der Waals surface area contributed by atoms with E-state index in [1.54, 1.807) is 12.1 Å². The monoisotopic (exact) mass is 165 g/mol. The van der Waals surface area contributed by atoms with Crippen molar-refractivity contribution in [1.29, 1.82) is 0 Å². The van der Waals surface area contributed by atoms with Gasteiger partial charge in [0.1, 0.15) is 5.82 Å². The van der Waals surface area contributed by atoms with Crippen LogP contribution in [0.2, 0.25) is 0 Å². The lowest BCUT2D eigenvalue weighted by atomic mass is 10.3. The molecule has 0 heterocycles. The topological polar surface area (TPSA) is 12.0 Å². The maximum atomic E-state index is 12.4. The van der Waals surface area contributed by atoms with Gasteiger partial charge >= 0.3 is 0 Å². The molecule has 0 amide bonds. The Labute approximate surface area is 71.9 Å². The lowest BCUT2D eigenvalue weighted by Gasteiger charge is -2.01. The SMILES string of the molecule is C/C=C/CNc1ccc(F)cc1. The minimum Gasteiger partial charge on any atom is -0.382 e. The van der Waals surface area contributed by atoms with Crippen LogP contribution in [0.4, 0.5) is 10.1 Å². The molecule has 12 heavy (non-hydrogen) atoms. The normalized spacial score (nSPS) is 10.5. The van der Waals surface area contributed by atoms with Crippen molar-refractivity contribution in [1.82, 2.24) is 0 Å². The number of benzene rings is 1. The van der Waals surface area contributed by atoms with Crippen LogP contribution >= 0.6 is 0 Å². The summed E-state index contributed by atoms with van der Waals surface area (Å²) >= 11 is 0. The van der Waals surface area contributed by atoms with Crippen LogP contribution in [0, 0.1) is 5.82 Å². The molecular weight excluding hydrogens is 153 g/mol. The molecule has 0 aromatic heterocycles. The smallest absolute Gasteiger partial charge is 0.123 e. The Bertz CT molecular complexity index is 251. The summed E-state index contributed by atoms with van der Waals surface area (Å²) in [5.41, 5.74) is 0.939. The summed E-state index contributed by atoms with van der Waals surface area (Å²) in [4.78, 5) is 0. The zero-order valence-electron chi connectivity index (χ0n) is 7.05. The molecule has 0 atom stereocenters. The Morgan fingerprint density at radius 2 is 2.00 bits per heavy atom. The quantitative estimate of drug-likeness (QED) is 0.679. The fraction of sp³-hybridized carbons (Fsp3) is 0.200. The fourth-order valence-electron chi connectivity index (χ4n) is 0.862. The Hall–Kier alpha value is -1.31. The van der Waals surface area contributed by atoms with Crippen molar-refractivity contribution in [2.24, 2.45) is 0 Å². The highest BCUT2D eigenvalue weighted by Gasteiger charge is 1.89. The van der Waals surface area contributed by atoms with E-state index in [-0.39, 0.29) is 5.82 Å². The van der Waals surface area contributed by atoms with Crippen molar-refractivity contribution in [3.8, 4) is 0 Å². The predicted molar refractivity (Wildman–Crippen MR) is 49.7 cm³/mol. The number of anilines is 1. The van der Waals surface area contributed by atoms with Crippen LogP contribution in [-0.2, 0) is 0 Å². The molecule has 1 aromatic carbocycles. The van der Waals surface area contributed by atoms with Gasteiger partial charge in [0, 0.05) is 12.2 Å². The number of nitrogens with one attached hydrogen (secondary N) is 1. The van der Waals surface area contributed by atoms with Gasteiger partial charge in [-0.05, 0) is 31.2 Å². The van der Waals surface area contributed by atoms with Crippen molar-refractivity contribution < 1.29 is 4.39 Å². The molecule has 1 nitrogen and oxygen atoms in total. The summed E-state index contributed by atoms with van der Waals surface area (Å²) in [6, 6.07) is 6.33. The summed E-state index contributed by atoms with van der Waals surface area (Å²) in [6.07, 6.45) is 3.97. The van der Waals surface area contributed by atoms with Crippen molar-refractivity contribution in [3.63, 3.8) is 0 Å². The molecule has 0 aliphatic rings. The molecule has 1 N–H and O–H groups in total. The molecule has 0 aliphatic carbocycles. The predicted octanol–water partition coefficient (Wildman–Crippen LogP) is 2.81. The van der Waals surface area contributed by atoms with Crippen molar-refractivity contribution >= 4 is 5.69 Å². The second-order valence-corrected chi connectivity index (χ2v) is 2.46. The Morgan fingerprint density at radius 1 is 1.33 bits per heavy atom. The van der Waals surface area contributed by atoms with Gasteiger partial charge in [0.2, 0.25) is 0 Å². The van der Waals surface area contributed by atoms with Crippen molar-refractivity contribution in [2.45, 2.75) is 6.92 Å². The number of rotatable bonds is 3. The molecule has 0 radical (unpaired) electrons. The van der Waals surface area contributed by atoms with Gasteiger partial charge in [-0.2, -0.15) is 0 Å². The van der Waals surface area contributed by atoms with Gasteiger partial charge in [0.15, 0.2) is 0 Å². The van der Waals surface area contributed by atoms with Gasteiger partial charge in [0.05, 0.1) is 0 Å². The highest BCUT2D eigenvalue weighted by Crippen LogP contribution is 2.07. The van der Waals surface area contributed by atoms with Gasteiger partial charge < -0.3 is 5.32 Å². The van der Waals surface area contributed by atoms with Crippen LogP contribution in [0.3, 0.4) is 0 Å². The Balaban J connectivity index is 2.47. The van der Waals surface area contributed by atoms with Crippen LogP contribution in [0.25, 0.3) is 0 Å². The van der Waals surface area contributed by atoms with Gasteiger partial charge in [-0.3, -0.25) is 0 Å². The number of hydrogen-bond donors (Lipinski definition) is 1. The number of hydrogen-bond acceptors (Lipinski definition) is 1.